The molecular formula is C14H21NO2. The van der Waals surface area contributed by atoms with Crippen LogP contribution in [0.15, 0.2) is 12.1 Å². The van der Waals surface area contributed by atoms with Crippen molar-refractivity contribution in [3.8, 4) is 0 Å². The molecule has 3 heteroatoms. The van der Waals surface area contributed by atoms with Gasteiger partial charge in [-0.15, -0.1) is 0 Å². The van der Waals surface area contributed by atoms with Crippen molar-refractivity contribution in [3.63, 3.8) is 0 Å². The molecular weight excluding hydrogens is 214 g/mol. The smallest absolute Gasteiger partial charge is 0.305 e. The van der Waals surface area contributed by atoms with Crippen molar-refractivity contribution in [1.82, 2.24) is 0 Å². The Labute approximate surface area is 103 Å². The van der Waals surface area contributed by atoms with Crippen LogP contribution in [0.4, 0.5) is 5.69 Å². The van der Waals surface area contributed by atoms with E-state index in [-0.39, 0.29) is 12.5 Å². The minimum absolute atomic E-state index is 0.00620. The maximum Gasteiger partial charge on any atom is 0.305 e. The van der Waals surface area contributed by atoms with Gasteiger partial charge in [-0.1, -0.05) is 6.07 Å². The number of carboxylic acid groups (broad SMARTS) is 1. The summed E-state index contributed by atoms with van der Waals surface area (Å²) in [4.78, 5) is 12.8. The highest BCUT2D eigenvalue weighted by molar-refractivity contribution is 5.69. The first-order valence-electron chi connectivity index (χ1n) is 5.85. The van der Waals surface area contributed by atoms with Crippen LogP contribution >= 0.6 is 0 Å². The molecule has 0 aliphatic carbocycles. The second-order valence-corrected chi connectivity index (χ2v) is 4.78. The Kier molecular flexibility index (Phi) is 4.16. The Morgan fingerprint density at radius 2 is 1.76 bits per heavy atom. The van der Waals surface area contributed by atoms with Crippen molar-refractivity contribution in [1.29, 1.82) is 0 Å². The summed E-state index contributed by atoms with van der Waals surface area (Å²) in [6, 6.07) is 4.27. The highest BCUT2D eigenvalue weighted by Crippen LogP contribution is 2.25. The lowest BCUT2D eigenvalue weighted by molar-refractivity contribution is -0.137. The fourth-order valence-electron chi connectivity index (χ4n) is 1.95. The Morgan fingerprint density at radius 3 is 2.29 bits per heavy atom. The lowest BCUT2D eigenvalue weighted by atomic mass is 10.0. The molecule has 0 spiro atoms. The molecule has 0 aliphatic heterocycles. The largest absolute Gasteiger partial charge is 0.481 e. The van der Waals surface area contributed by atoms with Gasteiger partial charge in [-0.2, -0.15) is 0 Å². The van der Waals surface area contributed by atoms with Gasteiger partial charge in [-0.25, -0.2) is 0 Å². The van der Waals surface area contributed by atoms with Gasteiger partial charge in [0, 0.05) is 18.8 Å². The van der Waals surface area contributed by atoms with Crippen LogP contribution < -0.4 is 4.90 Å². The Balaban J connectivity index is 2.99. The van der Waals surface area contributed by atoms with E-state index in [1.807, 2.05) is 18.9 Å². The van der Waals surface area contributed by atoms with E-state index in [0.717, 1.165) is 5.69 Å². The predicted molar refractivity (Wildman–Crippen MR) is 70.8 cm³/mol. The normalized spacial score (nSPS) is 12.3. The summed E-state index contributed by atoms with van der Waals surface area (Å²) in [6.07, 6.45) is 0.156. The number of aliphatic carboxylic acids is 1. The molecule has 0 heterocycles. The van der Waals surface area contributed by atoms with Crippen LogP contribution in [0.1, 0.15) is 30.0 Å². The number of carboxylic acids is 1. The van der Waals surface area contributed by atoms with Crippen LogP contribution in [0.3, 0.4) is 0 Å². The van der Waals surface area contributed by atoms with Gasteiger partial charge in [-0.05, 0) is 50.5 Å². The fraction of sp³-hybridized carbons (Fsp3) is 0.500. The molecule has 0 bridgehead atoms. The molecule has 1 N–H and O–H groups in total. The molecule has 0 radical (unpaired) electrons. The van der Waals surface area contributed by atoms with Gasteiger partial charge in [0.25, 0.3) is 0 Å². The van der Waals surface area contributed by atoms with Crippen molar-refractivity contribution in [2.45, 2.75) is 40.2 Å². The summed E-state index contributed by atoms with van der Waals surface area (Å²) in [5.74, 6) is -0.758. The minimum Gasteiger partial charge on any atom is -0.481 e. The molecule has 0 saturated carbocycles. The number of anilines is 1. The average molecular weight is 235 g/mol. The van der Waals surface area contributed by atoms with Crippen LogP contribution in [0.5, 0.6) is 0 Å². The monoisotopic (exact) mass is 235 g/mol. The lowest BCUT2D eigenvalue weighted by Crippen LogP contribution is -2.31. The molecule has 1 atom stereocenters. The van der Waals surface area contributed by atoms with Gasteiger partial charge in [0.2, 0.25) is 0 Å². The minimum atomic E-state index is -0.758. The first-order chi connectivity index (χ1) is 7.82. The van der Waals surface area contributed by atoms with Crippen molar-refractivity contribution in [3.05, 3.63) is 28.8 Å². The van der Waals surface area contributed by atoms with E-state index in [4.69, 9.17) is 5.11 Å². The number of hydrogen-bond acceptors (Lipinski definition) is 2. The van der Waals surface area contributed by atoms with Crippen molar-refractivity contribution >= 4 is 11.7 Å². The third-order valence-electron chi connectivity index (χ3n) is 3.32. The third kappa shape index (κ3) is 3.22. The second-order valence-electron chi connectivity index (χ2n) is 4.78. The molecule has 0 amide bonds. The van der Waals surface area contributed by atoms with Crippen molar-refractivity contribution < 1.29 is 9.90 Å². The number of benzene rings is 1. The van der Waals surface area contributed by atoms with E-state index >= 15 is 0 Å². The van der Waals surface area contributed by atoms with E-state index in [9.17, 15) is 4.79 Å². The molecule has 1 aromatic carbocycles. The fourth-order valence-corrected chi connectivity index (χ4v) is 1.95. The molecule has 0 aromatic heterocycles. The Morgan fingerprint density at radius 1 is 1.24 bits per heavy atom. The summed E-state index contributed by atoms with van der Waals surface area (Å²) in [5, 5.41) is 8.82. The molecule has 3 nitrogen and oxygen atoms in total. The number of nitrogens with zero attached hydrogens (tertiary/aromatic N) is 1. The number of aryl methyl sites for hydroxylation is 3. The predicted octanol–water partition coefficient (Wildman–Crippen LogP) is 2.91. The zero-order chi connectivity index (χ0) is 13.2. The summed E-state index contributed by atoms with van der Waals surface area (Å²) >= 11 is 0. The first-order valence-corrected chi connectivity index (χ1v) is 5.85. The molecule has 1 aromatic rings. The van der Waals surface area contributed by atoms with E-state index in [1.54, 1.807) is 0 Å². The van der Waals surface area contributed by atoms with Gasteiger partial charge in [-0.3, -0.25) is 4.79 Å². The Hall–Kier alpha value is -1.51. The van der Waals surface area contributed by atoms with E-state index in [2.05, 4.69) is 32.9 Å². The number of rotatable bonds is 4. The first kappa shape index (κ1) is 13.6. The molecule has 1 unspecified atom stereocenters. The standard InChI is InChI=1S/C14H21NO2/c1-9-6-11(3)13(7-10(9)2)15(5)12(4)8-14(16)17/h6-7,12H,8H2,1-5H3,(H,16,17). The zero-order valence-corrected chi connectivity index (χ0v) is 11.2. The molecule has 0 aliphatic rings. The van der Waals surface area contributed by atoms with Crippen LogP contribution in [-0.2, 0) is 4.79 Å². The highest BCUT2D eigenvalue weighted by atomic mass is 16.4. The van der Waals surface area contributed by atoms with Gasteiger partial charge in [0.15, 0.2) is 0 Å². The molecule has 0 saturated heterocycles. The molecule has 94 valence electrons. The molecule has 0 fully saturated rings. The topological polar surface area (TPSA) is 40.5 Å². The van der Waals surface area contributed by atoms with Gasteiger partial charge in [0.1, 0.15) is 0 Å². The van der Waals surface area contributed by atoms with Gasteiger partial charge < -0.3 is 10.0 Å². The van der Waals surface area contributed by atoms with E-state index in [1.165, 1.54) is 16.7 Å². The van der Waals surface area contributed by atoms with E-state index < -0.39 is 5.97 Å². The molecule has 17 heavy (non-hydrogen) atoms. The van der Waals surface area contributed by atoms with Gasteiger partial charge in [0.05, 0.1) is 6.42 Å². The average Bonchev–Trinajstić information content (AvgIpc) is 2.21. The Bertz CT molecular complexity index is 426. The van der Waals surface area contributed by atoms with Crippen LogP contribution in [-0.4, -0.2) is 24.2 Å². The quantitative estimate of drug-likeness (QED) is 0.872. The maximum atomic E-state index is 10.7. The van der Waals surface area contributed by atoms with Gasteiger partial charge >= 0.3 is 5.97 Å². The lowest BCUT2D eigenvalue weighted by Gasteiger charge is -2.28. The van der Waals surface area contributed by atoms with Crippen LogP contribution in [0.2, 0.25) is 0 Å². The summed E-state index contributed by atoms with van der Waals surface area (Å²) in [7, 11) is 1.95. The SMILES string of the molecule is Cc1cc(C)c(N(C)C(C)CC(=O)O)cc1C. The maximum absolute atomic E-state index is 10.7. The highest BCUT2D eigenvalue weighted by Gasteiger charge is 2.15. The van der Waals surface area contributed by atoms with Crippen LogP contribution in [0, 0.1) is 20.8 Å². The summed E-state index contributed by atoms with van der Waals surface area (Å²) in [6.45, 7) is 8.16. The summed E-state index contributed by atoms with van der Waals surface area (Å²) in [5.41, 5.74) is 4.81. The third-order valence-corrected chi connectivity index (χ3v) is 3.32. The number of hydrogen-bond donors (Lipinski definition) is 1. The summed E-state index contributed by atoms with van der Waals surface area (Å²) < 4.78 is 0. The second kappa shape index (κ2) is 5.21. The molecule has 1 rings (SSSR count). The van der Waals surface area contributed by atoms with Crippen molar-refractivity contribution in [2.75, 3.05) is 11.9 Å². The van der Waals surface area contributed by atoms with Crippen LogP contribution in [0.25, 0.3) is 0 Å². The zero-order valence-electron chi connectivity index (χ0n) is 11.2. The van der Waals surface area contributed by atoms with E-state index in [0.29, 0.717) is 0 Å². The van der Waals surface area contributed by atoms with Crippen molar-refractivity contribution in [2.24, 2.45) is 0 Å². The number of carbonyl (C=O) groups is 1.